The van der Waals surface area contributed by atoms with Crippen LogP contribution in [0.4, 0.5) is 5.69 Å². The van der Waals surface area contributed by atoms with Gasteiger partial charge in [-0.05, 0) is 18.6 Å². The monoisotopic (exact) mass is 205 g/mol. The summed E-state index contributed by atoms with van der Waals surface area (Å²) in [5.41, 5.74) is 8.97. The SMILES string of the molecule is CCC/C=N\NC(=O)c1ccccc1N. The molecule has 0 atom stereocenters. The van der Waals surface area contributed by atoms with Gasteiger partial charge in [-0.3, -0.25) is 4.79 Å². The van der Waals surface area contributed by atoms with Gasteiger partial charge in [-0.2, -0.15) is 5.10 Å². The number of rotatable bonds is 4. The number of unbranched alkanes of at least 4 members (excludes halogenated alkanes) is 1. The molecule has 80 valence electrons. The Kier molecular flexibility index (Phi) is 4.34. The summed E-state index contributed by atoms with van der Waals surface area (Å²) < 4.78 is 0. The lowest BCUT2D eigenvalue weighted by atomic mass is 10.2. The van der Waals surface area contributed by atoms with E-state index >= 15 is 0 Å². The molecule has 1 aromatic carbocycles. The molecule has 4 heteroatoms. The van der Waals surface area contributed by atoms with Crippen LogP contribution in [0.2, 0.25) is 0 Å². The summed E-state index contributed by atoms with van der Waals surface area (Å²) in [5.74, 6) is -0.277. The molecule has 0 aliphatic heterocycles. The van der Waals surface area contributed by atoms with Crippen molar-refractivity contribution in [2.24, 2.45) is 5.10 Å². The summed E-state index contributed by atoms with van der Waals surface area (Å²) in [5, 5.41) is 3.80. The number of para-hydroxylation sites is 1. The molecule has 15 heavy (non-hydrogen) atoms. The number of benzene rings is 1. The lowest BCUT2D eigenvalue weighted by Crippen LogP contribution is -2.18. The highest BCUT2D eigenvalue weighted by molar-refractivity contribution is 5.99. The van der Waals surface area contributed by atoms with Gasteiger partial charge in [0.05, 0.1) is 5.56 Å². The zero-order valence-corrected chi connectivity index (χ0v) is 8.73. The molecule has 0 radical (unpaired) electrons. The number of amides is 1. The molecule has 0 fully saturated rings. The number of nitrogens with zero attached hydrogens (tertiary/aromatic N) is 1. The molecular weight excluding hydrogens is 190 g/mol. The molecule has 3 N–H and O–H groups in total. The number of carbonyl (C=O) groups is 1. The number of nitrogen functional groups attached to an aromatic ring is 1. The van der Waals surface area contributed by atoms with Crippen molar-refractivity contribution in [3.05, 3.63) is 29.8 Å². The zero-order chi connectivity index (χ0) is 11.1. The van der Waals surface area contributed by atoms with Crippen LogP contribution < -0.4 is 11.2 Å². The molecule has 1 rings (SSSR count). The predicted octanol–water partition coefficient (Wildman–Crippen LogP) is 1.78. The average Bonchev–Trinajstić information content (AvgIpc) is 2.25. The van der Waals surface area contributed by atoms with E-state index < -0.39 is 0 Å². The number of hydrazone groups is 1. The van der Waals surface area contributed by atoms with Crippen LogP contribution in [0.3, 0.4) is 0 Å². The van der Waals surface area contributed by atoms with Crippen LogP contribution in [0.15, 0.2) is 29.4 Å². The van der Waals surface area contributed by atoms with Gasteiger partial charge < -0.3 is 5.73 Å². The molecule has 0 bridgehead atoms. The first-order chi connectivity index (χ1) is 7.25. The van der Waals surface area contributed by atoms with Crippen molar-refractivity contribution in [3.8, 4) is 0 Å². The van der Waals surface area contributed by atoms with E-state index in [1.54, 1.807) is 30.5 Å². The Bertz CT molecular complexity index is 361. The molecular formula is C11H15N3O. The fourth-order valence-corrected chi connectivity index (χ4v) is 1.06. The smallest absolute Gasteiger partial charge is 0.273 e. The summed E-state index contributed by atoms with van der Waals surface area (Å²) >= 11 is 0. The lowest BCUT2D eigenvalue weighted by Gasteiger charge is -2.02. The Morgan fingerprint density at radius 1 is 1.53 bits per heavy atom. The van der Waals surface area contributed by atoms with Gasteiger partial charge in [0, 0.05) is 11.9 Å². The topological polar surface area (TPSA) is 67.5 Å². The summed E-state index contributed by atoms with van der Waals surface area (Å²) in [6.07, 6.45) is 3.54. The number of anilines is 1. The van der Waals surface area contributed by atoms with E-state index in [4.69, 9.17) is 5.73 Å². The third-order valence-corrected chi connectivity index (χ3v) is 1.88. The second-order valence-corrected chi connectivity index (χ2v) is 3.13. The van der Waals surface area contributed by atoms with Crippen LogP contribution >= 0.6 is 0 Å². The standard InChI is InChI=1S/C11H15N3O/c1-2-3-8-13-14-11(15)9-6-4-5-7-10(9)12/h4-8H,2-3,12H2,1H3,(H,14,15)/b13-8-. The number of nitrogens with one attached hydrogen (secondary N) is 1. The van der Waals surface area contributed by atoms with Crippen LogP contribution in [0.25, 0.3) is 0 Å². The van der Waals surface area contributed by atoms with E-state index in [1.807, 2.05) is 6.92 Å². The first kappa shape index (κ1) is 11.2. The maximum atomic E-state index is 11.5. The summed E-state index contributed by atoms with van der Waals surface area (Å²) in [7, 11) is 0. The molecule has 0 aromatic heterocycles. The largest absolute Gasteiger partial charge is 0.398 e. The lowest BCUT2D eigenvalue weighted by molar-refractivity contribution is 0.0956. The maximum absolute atomic E-state index is 11.5. The minimum absolute atomic E-state index is 0.277. The normalized spacial score (nSPS) is 10.5. The van der Waals surface area contributed by atoms with Gasteiger partial charge in [0.2, 0.25) is 0 Å². The van der Waals surface area contributed by atoms with Gasteiger partial charge >= 0.3 is 0 Å². The fraction of sp³-hybridized carbons (Fsp3) is 0.273. The Hall–Kier alpha value is -1.84. The predicted molar refractivity (Wildman–Crippen MR) is 61.7 cm³/mol. The minimum Gasteiger partial charge on any atom is -0.398 e. The molecule has 0 aliphatic rings. The Morgan fingerprint density at radius 2 is 2.27 bits per heavy atom. The molecule has 4 nitrogen and oxygen atoms in total. The van der Waals surface area contributed by atoms with Gasteiger partial charge in [-0.25, -0.2) is 5.43 Å². The molecule has 1 amide bonds. The van der Waals surface area contributed by atoms with E-state index in [0.29, 0.717) is 11.3 Å². The Labute approximate surface area is 89.2 Å². The van der Waals surface area contributed by atoms with E-state index in [0.717, 1.165) is 12.8 Å². The van der Waals surface area contributed by atoms with Gasteiger partial charge in [0.25, 0.3) is 5.91 Å². The molecule has 0 heterocycles. The summed E-state index contributed by atoms with van der Waals surface area (Å²) in [6, 6.07) is 6.90. The van der Waals surface area contributed by atoms with Crippen molar-refractivity contribution in [2.45, 2.75) is 19.8 Å². The first-order valence-electron chi connectivity index (χ1n) is 4.92. The highest BCUT2D eigenvalue weighted by atomic mass is 16.2. The molecule has 0 spiro atoms. The van der Waals surface area contributed by atoms with Crippen molar-refractivity contribution in [1.29, 1.82) is 0 Å². The third kappa shape index (κ3) is 3.42. The highest BCUT2D eigenvalue weighted by Gasteiger charge is 2.06. The molecule has 0 saturated heterocycles. The molecule has 0 saturated carbocycles. The van der Waals surface area contributed by atoms with E-state index in [2.05, 4.69) is 10.5 Å². The highest BCUT2D eigenvalue weighted by Crippen LogP contribution is 2.09. The number of hydrogen-bond acceptors (Lipinski definition) is 3. The fourth-order valence-electron chi connectivity index (χ4n) is 1.06. The van der Waals surface area contributed by atoms with Gasteiger partial charge in [0.1, 0.15) is 0 Å². The molecule has 0 unspecified atom stereocenters. The second-order valence-electron chi connectivity index (χ2n) is 3.13. The zero-order valence-electron chi connectivity index (χ0n) is 8.73. The maximum Gasteiger partial charge on any atom is 0.273 e. The second kappa shape index (κ2) is 5.80. The van der Waals surface area contributed by atoms with Crippen molar-refractivity contribution >= 4 is 17.8 Å². The van der Waals surface area contributed by atoms with Gasteiger partial charge in [0.15, 0.2) is 0 Å². The third-order valence-electron chi connectivity index (χ3n) is 1.88. The summed E-state index contributed by atoms with van der Waals surface area (Å²) in [4.78, 5) is 11.5. The average molecular weight is 205 g/mol. The number of carbonyl (C=O) groups excluding carboxylic acids is 1. The van der Waals surface area contributed by atoms with Crippen LogP contribution in [0, 0.1) is 0 Å². The van der Waals surface area contributed by atoms with Crippen molar-refractivity contribution in [2.75, 3.05) is 5.73 Å². The first-order valence-corrected chi connectivity index (χ1v) is 4.92. The van der Waals surface area contributed by atoms with Crippen molar-refractivity contribution < 1.29 is 4.79 Å². The van der Waals surface area contributed by atoms with E-state index in [1.165, 1.54) is 0 Å². The quantitative estimate of drug-likeness (QED) is 0.447. The number of hydrogen-bond donors (Lipinski definition) is 2. The number of nitrogens with two attached hydrogens (primary N) is 1. The van der Waals surface area contributed by atoms with Crippen LogP contribution in [-0.4, -0.2) is 12.1 Å². The van der Waals surface area contributed by atoms with E-state index in [-0.39, 0.29) is 5.91 Å². The Balaban J connectivity index is 2.58. The van der Waals surface area contributed by atoms with Crippen molar-refractivity contribution in [3.63, 3.8) is 0 Å². The van der Waals surface area contributed by atoms with Gasteiger partial charge in [-0.1, -0.05) is 25.5 Å². The molecule has 1 aromatic rings. The van der Waals surface area contributed by atoms with Crippen LogP contribution in [-0.2, 0) is 0 Å². The Morgan fingerprint density at radius 3 is 2.93 bits per heavy atom. The van der Waals surface area contributed by atoms with Crippen LogP contribution in [0.1, 0.15) is 30.1 Å². The van der Waals surface area contributed by atoms with Gasteiger partial charge in [-0.15, -0.1) is 0 Å². The summed E-state index contributed by atoms with van der Waals surface area (Å²) in [6.45, 7) is 2.04. The van der Waals surface area contributed by atoms with E-state index in [9.17, 15) is 4.79 Å². The molecule has 0 aliphatic carbocycles. The van der Waals surface area contributed by atoms with Crippen molar-refractivity contribution in [1.82, 2.24) is 5.43 Å². The van der Waals surface area contributed by atoms with Crippen LogP contribution in [0.5, 0.6) is 0 Å². The minimum atomic E-state index is -0.277.